The summed E-state index contributed by atoms with van der Waals surface area (Å²) in [5.74, 6) is 1.62. The molecule has 0 aliphatic heterocycles. The Bertz CT molecular complexity index is 696. The maximum absolute atomic E-state index is 11.9. The molecular formula is C18H25N3O2. The van der Waals surface area contributed by atoms with E-state index in [0.29, 0.717) is 6.54 Å². The molecule has 3 rings (SSSR count). The second-order valence-electron chi connectivity index (χ2n) is 7.28. The van der Waals surface area contributed by atoms with E-state index < -0.39 is 11.7 Å². The third-order valence-electron chi connectivity index (χ3n) is 4.19. The van der Waals surface area contributed by atoms with Crippen LogP contribution in [0.1, 0.15) is 45.9 Å². The predicted octanol–water partition coefficient (Wildman–Crippen LogP) is 3.86. The van der Waals surface area contributed by atoms with E-state index in [0.717, 1.165) is 29.3 Å². The van der Waals surface area contributed by atoms with Crippen LogP contribution in [0.5, 0.6) is 0 Å². The highest BCUT2D eigenvalue weighted by Gasteiger charge is 2.22. The normalized spacial score (nSPS) is 15.4. The average Bonchev–Trinajstić information content (AvgIpc) is 2.76. The Morgan fingerprint density at radius 3 is 2.74 bits per heavy atom. The van der Waals surface area contributed by atoms with Crippen molar-refractivity contribution < 1.29 is 9.53 Å². The summed E-state index contributed by atoms with van der Waals surface area (Å²) in [4.78, 5) is 16.6. The standard InChI is InChI=1S/C18H25N3O2/c1-18(2,3)23-17(22)19-11-16-20-14-9-4-5-10-15(14)21(16)12-13-7-6-8-13/h4-5,9-10,13H,6-8,11-12H2,1-3H3,(H,19,22). The molecule has 1 saturated carbocycles. The molecular weight excluding hydrogens is 290 g/mol. The number of aromatic nitrogens is 2. The summed E-state index contributed by atoms with van der Waals surface area (Å²) in [5.41, 5.74) is 1.63. The summed E-state index contributed by atoms with van der Waals surface area (Å²) >= 11 is 0. The average molecular weight is 315 g/mol. The summed E-state index contributed by atoms with van der Waals surface area (Å²) in [6.45, 7) is 6.94. The lowest BCUT2D eigenvalue weighted by molar-refractivity contribution is 0.0521. The molecule has 0 saturated heterocycles. The molecule has 1 aliphatic carbocycles. The minimum absolute atomic E-state index is 0.385. The molecule has 2 aromatic rings. The Labute approximate surface area is 137 Å². The van der Waals surface area contributed by atoms with Gasteiger partial charge in [0.05, 0.1) is 17.6 Å². The molecule has 23 heavy (non-hydrogen) atoms. The Balaban J connectivity index is 1.76. The van der Waals surface area contributed by atoms with Gasteiger partial charge < -0.3 is 14.6 Å². The summed E-state index contributed by atoms with van der Waals surface area (Å²) < 4.78 is 7.55. The molecule has 1 amide bonds. The molecule has 0 atom stereocenters. The number of nitrogens with one attached hydrogen (secondary N) is 1. The van der Waals surface area contributed by atoms with E-state index in [1.54, 1.807) is 0 Å². The van der Waals surface area contributed by atoms with Crippen LogP contribution in [-0.4, -0.2) is 21.2 Å². The fourth-order valence-corrected chi connectivity index (χ4v) is 2.86. The Morgan fingerprint density at radius 1 is 1.35 bits per heavy atom. The van der Waals surface area contributed by atoms with Crippen LogP contribution >= 0.6 is 0 Å². The van der Waals surface area contributed by atoms with Crippen LogP contribution < -0.4 is 5.32 Å². The van der Waals surface area contributed by atoms with Gasteiger partial charge in [-0.15, -0.1) is 0 Å². The lowest BCUT2D eigenvalue weighted by Gasteiger charge is -2.26. The highest BCUT2D eigenvalue weighted by atomic mass is 16.6. The zero-order valence-electron chi connectivity index (χ0n) is 14.1. The number of hydrogen-bond donors (Lipinski definition) is 1. The monoisotopic (exact) mass is 315 g/mol. The predicted molar refractivity (Wildman–Crippen MR) is 90.1 cm³/mol. The zero-order valence-corrected chi connectivity index (χ0v) is 14.1. The van der Waals surface area contributed by atoms with Crippen LogP contribution in [0.4, 0.5) is 4.79 Å². The van der Waals surface area contributed by atoms with E-state index in [1.165, 1.54) is 19.3 Å². The smallest absolute Gasteiger partial charge is 0.408 e. The van der Waals surface area contributed by atoms with E-state index in [9.17, 15) is 4.79 Å². The summed E-state index contributed by atoms with van der Waals surface area (Å²) in [5, 5.41) is 2.82. The maximum Gasteiger partial charge on any atom is 0.408 e. The van der Waals surface area contributed by atoms with Crippen molar-refractivity contribution in [1.82, 2.24) is 14.9 Å². The highest BCUT2D eigenvalue weighted by Crippen LogP contribution is 2.30. The third-order valence-corrected chi connectivity index (χ3v) is 4.19. The molecule has 0 unspecified atom stereocenters. The second kappa shape index (κ2) is 6.22. The van der Waals surface area contributed by atoms with Gasteiger partial charge in [0.25, 0.3) is 0 Å². The molecule has 0 bridgehead atoms. The Morgan fingerprint density at radius 2 is 2.09 bits per heavy atom. The van der Waals surface area contributed by atoms with Crippen LogP contribution in [0.2, 0.25) is 0 Å². The fourth-order valence-electron chi connectivity index (χ4n) is 2.86. The van der Waals surface area contributed by atoms with Gasteiger partial charge in [0.2, 0.25) is 0 Å². The number of fused-ring (bicyclic) bond motifs is 1. The molecule has 124 valence electrons. The molecule has 1 aromatic heterocycles. The van der Waals surface area contributed by atoms with Gasteiger partial charge in [-0.25, -0.2) is 9.78 Å². The van der Waals surface area contributed by atoms with Gasteiger partial charge in [-0.3, -0.25) is 0 Å². The molecule has 1 fully saturated rings. The maximum atomic E-state index is 11.9. The van der Waals surface area contributed by atoms with Gasteiger partial charge in [-0.05, 0) is 51.7 Å². The number of carbonyl (C=O) groups excluding carboxylic acids is 1. The summed E-state index contributed by atoms with van der Waals surface area (Å²) in [6.07, 6.45) is 3.49. The Hall–Kier alpha value is -2.04. The number of rotatable bonds is 4. The fraction of sp³-hybridized carbons (Fsp3) is 0.556. The zero-order chi connectivity index (χ0) is 16.4. The van der Waals surface area contributed by atoms with Crippen molar-refractivity contribution in [3.8, 4) is 0 Å². The van der Waals surface area contributed by atoms with E-state index in [2.05, 4.69) is 20.9 Å². The van der Waals surface area contributed by atoms with Gasteiger partial charge >= 0.3 is 6.09 Å². The van der Waals surface area contributed by atoms with Crippen molar-refractivity contribution in [3.05, 3.63) is 30.1 Å². The van der Waals surface area contributed by atoms with Gasteiger partial charge in [-0.1, -0.05) is 18.6 Å². The van der Waals surface area contributed by atoms with Crippen molar-refractivity contribution in [2.45, 2.75) is 58.7 Å². The van der Waals surface area contributed by atoms with Crippen LogP contribution in [0, 0.1) is 5.92 Å². The van der Waals surface area contributed by atoms with E-state index in [4.69, 9.17) is 4.74 Å². The molecule has 1 aromatic carbocycles. The van der Waals surface area contributed by atoms with Crippen molar-refractivity contribution in [2.24, 2.45) is 5.92 Å². The number of hydrogen-bond acceptors (Lipinski definition) is 3. The van der Waals surface area contributed by atoms with Gasteiger partial charge in [0.1, 0.15) is 11.4 Å². The Kier molecular flexibility index (Phi) is 4.28. The number of ether oxygens (including phenoxy) is 1. The number of benzene rings is 1. The molecule has 5 heteroatoms. The minimum Gasteiger partial charge on any atom is -0.444 e. The van der Waals surface area contributed by atoms with Gasteiger partial charge in [0, 0.05) is 6.54 Å². The first kappa shape index (κ1) is 15.8. The number of amides is 1. The first-order valence-electron chi connectivity index (χ1n) is 8.33. The first-order valence-corrected chi connectivity index (χ1v) is 8.33. The van der Waals surface area contributed by atoms with E-state index >= 15 is 0 Å². The summed E-state index contributed by atoms with van der Waals surface area (Å²) in [7, 11) is 0. The number of para-hydroxylation sites is 2. The molecule has 0 spiro atoms. The molecule has 1 N–H and O–H groups in total. The topological polar surface area (TPSA) is 56.1 Å². The minimum atomic E-state index is -0.490. The molecule has 1 aliphatic rings. The van der Waals surface area contributed by atoms with E-state index in [-0.39, 0.29) is 0 Å². The lowest BCUT2D eigenvalue weighted by Crippen LogP contribution is -2.33. The largest absolute Gasteiger partial charge is 0.444 e. The summed E-state index contributed by atoms with van der Waals surface area (Å²) in [6, 6.07) is 8.14. The lowest BCUT2D eigenvalue weighted by atomic mass is 9.85. The van der Waals surface area contributed by atoms with Crippen LogP contribution in [0.25, 0.3) is 11.0 Å². The van der Waals surface area contributed by atoms with Gasteiger partial charge in [0.15, 0.2) is 0 Å². The van der Waals surface area contributed by atoms with Crippen LogP contribution in [0.15, 0.2) is 24.3 Å². The number of alkyl carbamates (subject to hydrolysis) is 1. The quantitative estimate of drug-likeness (QED) is 0.932. The van der Waals surface area contributed by atoms with Gasteiger partial charge in [-0.2, -0.15) is 0 Å². The van der Waals surface area contributed by atoms with Crippen LogP contribution in [-0.2, 0) is 17.8 Å². The van der Waals surface area contributed by atoms with Crippen molar-refractivity contribution in [3.63, 3.8) is 0 Å². The number of nitrogens with zero attached hydrogens (tertiary/aromatic N) is 2. The van der Waals surface area contributed by atoms with E-state index in [1.807, 2.05) is 39.0 Å². The SMILES string of the molecule is CC(C)(C)OC(=O)NCc1nc2ccccc2n1CC1CCC1. The highest BCUT2D eigenvalue weighted by molar-refractivity contribution is 5.76. The van der Waals surface area contributed by atoms with Crippen LogP contribution in [0.3, 0.4) is 0 Å². The second-order valence-corrected chi connectivity index (χ2v) is 7.28. The van der Waals surface area contributed by atoms with Crippen molar-refractivity contribution in [2.75, 3.05) is 0 Å². The first-order chi connectivity index (χ1) is 10.9. The number of carbonyl (C=O) groups is 1. The molecule has 5 nitrogen and oxygen atoms in total. The number of imidazole rings is 1. The third kappa shape index (κ3) is 3.84. The molecule has 0 radical (unpaired) electrons. The van der Waals surface area contributed by atoms with Crippen molar-refractivity contribution in [1.29, 1.82) is 0 Å². The molecule has 1 heterocycles. The van der Waals surface area contributed by atoms with Crippen molar-refractivity contribution >= 4 is 17.1 Å².